The van der Waals surface area contributed by atoms with Gasteiger partial charge in [-0.2, -0.15) is 0 Å². The molecular formula is C22H14BrNOS. The molecule has 0 amide bonds. The summed E-state index contributed by atoms with van der Waals surface area (Å²) in [7, 11) is 0. The Morgan fingerprint density at radius 2 is 1.65 bits per heavy atom. The number of nitrogens with one attached hydrogen (secondary N) is 1. The highest BCUT2D eigenvalue weighted by atomic mass is 79.9. The Morgan fingerprint density at radius 1 is 0.885 bits per heavy atom. The van der Waals surface area contributed by atoms with Crippen LogP contribution < -0.4 is 5.32 Å². The van der Waals surface area contributed by atoms with Crippen LogP contribution >= 0.6 is 27.7 Å². The van der Waals surface area contributed by atoms with E-state index in [1.807, 2.05) is 48.5 Å². The molecule has 3 aromatic rings. The molecule has 2 aliphatic rings. The van der Waals surface area contributed by atoms with E-state index in [1.54, 1.807) is 11.8 Å². The molecule has 26 heavy (non-hydrogen) atoms. The summed E-state index contributed by atoms with van der Waals surface area (Å²) in [4.78, 5) is 14.4. The normalized spacial score (nSPS) is 17.9. The molecule has 0 spiro atoms. The van der Waals surface area contributed by atoms with Gasteiger partial charge in [-0.05, 0) is 29.8 Å². The van der Waals surface area contributed by atoms with Crippen molar-refractivity contribution in [1.82, 2.24) is 0 Å². The summed E-state index contributed by atoms with van der Waals surface area (Å²) in [5.41, 5.74) is 5.72. The van der Waals surface area contributed by atoms with Crippen LogP contribution in [0.15, 0.2) is 87.7 Å². The third-order valence-electron chi connectivity index (χ3n) is 4.76. The third-order valence-corrected chi connectivity index (χ3v) is 6.61. The zero-order valence-electron chi connectivity index (χ0n) is 13.7. The molecule has 0 radical (unpaired) electrons. The second kappa shape index (κ2) is 6.15. The molecule has 1 aliphatic carbocycles. The fourth-order valence-electron chi connectivity index (χ4n) is 3.59. The van der Waals surface area contributed by atoms with Gasteiger partial charge in [-0.15, -0.1) is 11.8 Å². The van der Waals surface area contributed by atoms with Crippen molar-refractivity contribution < 1.29 is 4.79 Å². The van der Waals surface area contributed by atoms with Crippen molar-refractivity contribution in [2.45, 2.75) is 10.1 Å². The van der Waals surface area contributed by atoms with Gasteiger partial charge in [0.15, 0.2) is 5.78 Å². The number of ketones is 1. The molecule has 2 nitrogen and oxygen atoms in total. The Balaban J connectivity index is 1.76. The SMILES string of the molecule is O=C1C2=C(Nc3ccccc3SC2c2cccc(Br)c2)c2ccccc21. The van der Waals surface area contributed by atoms with E-state index >= 15 is 0 Å². The number of thioether (sulfide) groups is 1. The first-order valence-electron chi connectivity index (χ1n) is 8.39. The maximum absolute atomic E-state index is 13.3. The second-order valence-corrected chi connectivity index (χ2v) is 8.40. The number of para-hydroxylation sites is 1. The van der Waals surface area contributed by atoms with Crippen molar-refractivity contribution in [2.24, 2.45) is 0 Å². The lowest BCUT2D eigenvalue weighted by Crippen LogP contribution is -2.07. The largest absolute Gasteiger partial charge is 0.354 e. The van der Waals surface area contributed by atoms with E-state index in [0.717, 1.165) is 43.0 Å². The van der Waals surface area contributed by atoms with Crippen LogP contribution in [0.1, 0.15) is 26.7 Å². The highest BCUT2D eigenvalue weighted by molar-refractivity contribution is 9.10. The number of fused-ring (bicyclic) bond motifs is 3. The average molecular weight is 420 g/mol. The number of benzene rings is 3. The first kappa shape index (κ1) is 15.9. The quantitative estimate of drug-likeness (QED) is 0.500. The number of hydrogen-bond acceptors (Lipinski definition) is 3. The molecule has 0 saturated heterocycles. The van der Waals surface area contributed by atoms with Crippen LogP contribution in [-0.2, 0) is 0 Å². The molecule has 0 bridgehead atoms. The summed E-state index contributed by atoms with van der Waals surface area (Å²) in [6, 6.07) is 24.3. The molecule has 5 rings (SSSR count). The van der Waals surface area contributed by atoms with E-state index in [9.17, 15) is 4.79 Å². The predicted molar refractivity (Wildman–Crippen MR) is 110 cm³/mol. The number of halogens is 1. The Morgan fingerprint density at radius 3 is 2.50 bits per heavy atom. The Hall–Kier alpha value is -2.30. The molecular weight excluding hydrogens is 406 g/mol. The van der Waals surface area contributed by atoms with Crippen molar-refractivity contribution in [1.29, 1.82) is 0 Å². The van der Waals surface area contributed by atoms with Gasteiger partial charge in [0, 0.05) is 26.1 Å². The first-order valence-corrected chi connectivity index (χ1v) is 10.1. The van der Waals surface area contributed by atoms with Gasteiger partial charge in [0.05, 0.1) is 16.6 Å². The fraction of sp³-hybridized carbons (Fsp3) is 0.0455. The molecule has 0 saturated carbocycles. The molecule has 1 heterocycles. The summed E-state index contributed by atoms with van der Waals surface area (Å²) in [6.07, 6.45) is 0. The minimum Gasteiger partial charge on any atom is -0.354 e. The summed E-state index contributed by atoms with van der Waals surface area (Å²) in [5.74, 6) is 0.119. The van der Waals surface area contributed by atoms with E-state index in [0.29, 0.717) is 0 Å². The summed E-state index contributed by atoms with van der Waals surface area (Å²) in [5, 5.41) is 3.49. The van der Waals surface area contributed by atoms with Gasteiger partial charge in [-0.25, -0.2) is 0 Å². The predicted octanol–water partition coefficient (Wildman–Crippen LogP) is 6.32. The monoisotopic (exact) mass is 419 g/mol. The minimum absolute atomic E-state index is 0.0569. The molecule has 4 heteroatoms. The maximum atomic E-state index is 13.3. The number of carbonyl (C=O) groups excluding carboxylic acids is 1. The average Bonchev–Trinajstić information content (AvgIpc) is 2.83. The van der Waals surface area contributed by atoms with Crippen molar-refractivity contribution in [2.75, 3.05) is 5.32 Å². The van der Waals surface area contributed by atoms with Crippen molar-refractivity contribution in [3.63, 3.8) is 0 Å². The van der Waals surface area contributed by atoms with Gasteiger partial charge in [0.25, 0.3) is 0 Å². The van der Waals surface area contributed by atoms with E-state index < -0.39 is 0 Å². The van der Waals surface area contributed by atoms with Gasteiger partial charge in [0.1, 0.15) is 0 Å². The lowest BCUT2D eigenvalue weighted by atomic mass is 10.0. The van der Waals surface area contributed by atoms with Crippen LogP contribution in [0.2, 0.25) is 0 Å². The second-order valence-electron chi connectivity index (χ2n) is 6.34. The molecule has 3 aromatic carbocycles. The lowest BCUT2D eigenvalue weighted by Gasteiger charge is -2.17. The van der Waals surface area contributed by atoms with E-state index in [1.165, 1.54) is 0 Å². The first-order chi connectivity index (χ1) is 12.7. The van der Waals surface area contributed by atoms with Crippen LogP contribution in [0.4, 0.5) is 5.69 Å². The number of carbonyl (C=O) groups is 1. The van der Waals surface area contributed by atoms with Gasteiger partial charge in [-0.3, -0.25) is 4.79 Å². The highest BCUT2D eigenvalue weighted by Crippen LogP contribution is 2.52. The van der Waals surface area contributed by atoms with Crippen LogP contribution in [-0.4, -0.2) is 5.78 Å². The number of anilines is 1. The molecule has 1 atom stereocenters. The fourth-order valence-corrected chi connectivity index (χ4v) is 5.28. The zero-order chi connectivity index (χ0) is 17.7. The van der Waals surface area contributed by atoms with E-state index in [2.05, 4.69) is 45.5 Å². The van der Waals surface area contributed by atoms with Crippen LogP contribution in [0.3, 0.4) is 0 Å². The summed E-state index contributed by atoms with van der Waals surface area (Å²) < 4.78 is 1.02. The minimum atomic E-state index is -0.0569. The number of rotatable bonds is 1. The van der Waals surface area contributed by atoms with Gasteiger partial charge >= 0.3 is 0 Å². The van der Waals surface area contributed by atoms with Crippen LogP contribution in [0, 0.1) is 0 Å². The van der Waals surface area contributed by atoms with E-state index in [4.69, 9.17) is 0 Å². The Kier molecular flexibility index (Phi) is 3.76. The number of Topliss-reactive ketones (excluding diaryl/α,β-unsaturated/α-hetero) is 1. The zero-order valence-corrected chi connectivity index (χ0v) is 16.1. The van der Waals surface area contributed by atoms with Gasteiger partial charge in [0.2, 0.25) is 0 Å². The van der Waals surface area contributed by atoms with E-state index in [-0.39, 0.29) is 11.0 Å². The molecule has 0 fully saturated rings. The lowest BCUT2D eigenvalue weighted by molar-refractivity contribution is 0.103. The topological polar surface area (TPSA) is 29.1 Å². The van der Waals surface area contributed by atoms with Crippen molar-refractivity contribution in [3.05, 3.63) is 99.5 Å². The third kappa shape index (κ3) is 2.44. The standard InChI is InChI=1S/C22H14BrNOS/c23-14-7-5-6-13(12-14)22-19-20(15-8-1-2-9-16(15)21(19)25)24-17-10-3-4-11-18(17)26-22/h1-12,22,24H. The van der Waals surface area contributed by atoms with Gasteiger partial charge < -0.3 is 5.32 Å². The Bertz CT molecular complexity index is 1090. The molecule has 1 unspecified atom stereocenters. The summed E-state index contributed by atoms with van der Waals surface area (Å²) in [6.45, 7) is 0. The molecule has 1 aliphatic heterocycles. The maximum Gasteiger partial charge on any atom is 0.193 e. The number of hydrogen-bond donors (Lipinski definition) is 1. The van der Waals surface area contributed by atoms with Crippen LogP contribution in [0.5, 0.6) is 0 Å². The van der Waals surface area contributed by atoms with Crippen molar-refractivity contribution >= 4 is 44.9 Å². The van der Waals surface area contributed by atoms with Crippen molar-refractivity contribution in [3.8, 4) is 0 Å². The highest BCUT2D eigenvalue weighted by Gasteiger charge is 2.37. The molecule has 126 valence electrons. The molecule has 0 aromatic heterocycles. The van der Waals surface area contributed by atoms with Crippen LogP contribution in [0.25, 0.3) is 5.70 Å². The summed E-state index contributed by atoms with van der Waals surface area (Å²) >= 11 is 5.30. The van der Waals surface area contributed by atoms with Gasteiger partial charge in [-0.1, -0.05) is 64.5 Å². The Labute approximate surface area is 164 Å². The smallest absolute Gasteiger partial charge is 0.193 e. The molecule has 1 N–H and O–H groups in total.